The molecule has 3 aromatic rings. The van der Waals surface area contributed by atoms with Crippen LogP contribution in [0.25, 0.3) is 0 Å². The molecule has 1 aliphatic rings. The van der Waals surface area contributed by atoms with Crippen LogP contribution in [0.5, 0.6) is 0 Å². The van der Waals surface area contributed by atoms with Gasteiger partial charge >= 0.3 is 11.9 Å². The number of aromatic amines is 1. The number of carbonyl (C=O) groups is 2. The smallest absolute Gasteiger partial charge is 0.326 e. The molecule has 170 valence electrons. The van der Waals surface area contributed by atoms with E-state index in [9.17, 15) is 32.3 Å². The fourth-order valence-electron chi connectivity index (χ4n) is 3.51. The van der Waals surface area contributed by atoms with Gasteiger partial charge in [-0.25, -0.2) is 4.79 Å². The van der Waals surface area contributed by atoms with E-state index in [1.165, 1.54) is 30.5 Å². The highest BCUT2D eigenvalue weighted by atomic mass is 35.5. The van der Waals surface area contributed by atoms with Gasteiger partial charge in [-0.1, -0.05) is 29.8 Å². The van der Waals surface area contributed by atoms with Crippen LogP contribution in [0.3, 0.4) is 0 Å². The highest BCUT2D eigenvalue weighted by Gasteiger charge is 2.68. The normalized spacial score (nSPS) is 17.4. The maximum atomic E-state index is 14.4. The zero-order chi connectivity index (χ0) is 24.0. The van der Waals surface area contributed by atoms with Gasteiger partial charge in [0.15, 0.2) is 0 Å². The first-order valence-electron chi connectivity index (χ1n) is 9.28. The van der Waals surface area contributed by atoms with E-state index in [-0.39, 0.29) is 17.1 Å². The lowest BCUT2D eigenvalue weighted by Crippen LogP contribution is -2.62. The number of nitrogens with zero attached hydrogens (tertiary/aromatic N) is 2. The van der Waals surface area contributed by atoms with Gasteiger partial charge in [0.25, 0.3) is 22.9 Å². The number of alkyl halides is 3. The summed E-state index contributed by atoms with van der Waals surface area (Å²) in [6.07, 6.45) is -3.15. The van der Waals surface area contributed by atoms with Crippen molar-refractivity contribution in [2.75, 3.05) is 5.32 Å². The van der Waals surface area contributed by atoms with E-state index in [0.29, 0.717) is 5.56 Å². The van der Waals surface area contributed by atoms with E-state index in [2.05, 4.69) is 4.98 Å². The Morgan fingerprint density at radius 3 is 2.52 bits per heavy atom. The third-order valence-corrected chi connectivity index (χ3v) is 5.45. The van der Waals surface area contributed by atoms with Gasteiger partial charge in [0.2, 0.25) is 0 Å². The third kappa shape index (κ3) is 3.57. The zero-order valence-electron chi connectivity index (χ0n) is 16.4. The van der Waals surface area contributed by atoms with Crippen LogP contribution in [0.15, 0.2) is 58.4 Å². The molecule has 33 heavy (non-hydrogen) atoms. The van der Waals surface area contributed by atoms with Crippen molar-refractivity contribution in [3.63, 3.8) is 0 Å². The Balaban J connectivity index is 1.92. The molecule has 0 unspecified atom stereocenters. The number of hydrogen-bond donors (Lipinski definition) is 3. The van der Waals surface area contributed by atoms with Gasteiger partial charge in [-0.2, -0.15) is 13.2 Å². The molecule has 4 rings (SSSR count). The van der Waals surface area contributed by atoms with Crippen molar-refractivity contribution in [3.05, 3.63) is 91.3 Å². The minimum Gasteiger partial charge on any atom is -0.326 e. The maximum Gasteiger partial charge on any atom is 0.425 e. The predicted octanol–water partition coefficient (Wildman–Crippen LogP) is 1.77. The number of pyridine rings is 1. The first-order valence-corrected chi connectivity index (χ1v) is 9.66. The summed E-state index contributed by atoms with van der Waals surface area (Å²) in [5, 5.41) is 3.80. The van der Waals surface area contributed by atoms with Crippen molar-refractivity contribution < 1.29 is 22.8 Å². The lowest BCUT2D eigenvalue weighted by Gasteiger charge is -2.30. The lowest BCUT2D eigenvalue weighted by atomic mass is 9.91. The quantitative estimate of drug-likeness (QED) is 0.526. The molecule has 1 aromatic carbocycles. The number of aromatic nitrogens is 3. The van der Waals surface area contributed by atoms with Crippen LogP contribution in [0.2, 0.25) is 5.02 Å². The van der Waals surface area contributed by atoms with Crippen LogP contribution in [0, 0.1) is 0 Å². The summed E-state index contributed by atoms with van der Waals surface area (Å²) >= 11 is 6.09. The highest BCUT2D eigenvalue weighted by molar-refractivity contribution is 6.31. The average molecular weight is 480 g/mol. The van der Waals surface area contributed by atoms with Crippen LogP contribution >= 0.6 is 11.6 Å². The molecule has 3 N–H and O–H groups in total. The molecule has 13 heteroatoms. The van der Waals surface area contributed by atoms with Crippen LogP contribution in [-0.2, 0) is 16.9 Å². The monoisotopic (exact) mass is 479 g/mol. The van der Waals surface area contributed by atoms with Crippen molar-refractivity contribution in [1.29, 1.82) is 0 Å². The molecule has 0 radical (unpaired) electrons. The number of rotatable bonds is 4. The molecule has 1 aliphatic heterocycles. The molecule has 0 bridgehead atoms. The Bertz CT molecular complexity index is 1390. The van der Waals surface area contributed by atoms with Gasteiger partial charge in [0.1, 0.15) is 11.4 Å². The molecule has 3 heterocycles. The Morgan fingerprint density at radius 2 is 1.88 bits per heavy atom. The van der Waals surface area contributed by atoms with Crippen molar-refractivity contribution >= 4 is 29.2 Å². The standard InChI is InChI=1S/C20H13ClF3N5O4/c21-12-6-2-1-4-11(12)9-29-14-13(16(31)27-18(29)33)19(17(32)26-14,20(22,23)24)28-15(30)10-5-3-7-25-8-10/h1-8H,9H2,(H,26,32)(H,28,30)(H,27,31,33)/t19-/m1/s1. The Labute approximate surface area is 187 Å². The number of carbonyl (C=O) groups excluding carboxylic acids is 2. The molecular weight excluding hydrogens is 467 g/mol. The maximum absolute atomic E-state index is 14.4. The zero-order valence-corrected chi connectivity index (χ0v) is 17.1. The van der Waals surface area contributed by atoms with Crippen LogP contribution in [-0.4, -0.2) is 32.5 Å². The number of amides is 2. The molecule has 2 aromatic heterocycles. The van der Waals surface area contributed by atoms with E-state index < -0.39 is 46.2 Å². The molecule has 0 spiro atoms. The summed E-state index contributed by atoms with van der Waals surface area (Å²) in [4.78, 5) is 55.8. The second kappa shape index (κ2) is 7.89. The van der Waals surface area contributed by atoms with E-state index in [4.69, 9.17) is 11.6 Å². The van der Waals surface area contributed by atoms with Crippen LogP contribution in [0.1, 0.15) is 21.5 Å². The summed E-state index contributed by atoms with van der Waals surface area (Å²) in [5.41, 5.74) is -7.40. The second-order valence-electron chi connectivity index (χ2n) is 7.06. The van der Waals surface area contributed by atoms with Crippen LogP contribution < -0.4 is 21.9 Å². The van der Waals surface area contributed by atoms with E-state index in [1.54, 1.807) is 22.4 Å². The van der Waals surface area contributed by atoms with Gasteiger partial charge in [0.05, 0.1) is 12.1 Å². The predicted molar refractivity (Wildman–Crippen MR) is 110 cm³/mol. The molecular formula is C20H13ClF3N5O4. The minimum atomic E-state index is -5.44. The molecule has 0 aliphatic carbocycles. The number of anilines is 1. The van der Waals surface area contributed by atoms with Crippen molar-refractivity contribution in [2.24, 2.45) is 0 Å². The number of halogens is 4. The van der Waals surface area contributed by atoms with Crippen molar-refractivity contribution in [2.45, 2.75) is 18.3 Å². The molecule has 2 amide bonds. The Kier molecular flexibility index (Phi) is 5.32. The summed E-state index contributed by atoms with van der Waals surface area (Å²) in [6.45, 7) is -0.359. The largest absolute Gasteiger partial charge is 0.425 e. The summed E-state index contributed by atoms with van der Waals surface area (Å²) in [5.74, 6) is -3.74. The molecule has 0 saturated heterocycles. The minimum absolute atomic E-state index is 0.209. The molecule has 0 fully saturated rings. The Morgan fingerprint density at radius 1 is 1.15 bits per heavy atom. The van der Waals surface area contributed by atoms with E-state index >= 15 is 0 Å². The van der Waals surface area contributed by atoms with Crippen molar-refractivity contribution in [1.82, 2.24) is 19.9 Å². The van der Waals surface area contributed by atoms with Crippen LogP contribution in [0.4, 0.5) is 19.0 Å². The molecule has 9 nitrogen and oxygen atoms in total. The lowest BCUT2D eigenvalue weighted by molar-refractivity contribution is -0.196. The van der Waals surface area contributed by atoms with E-state index in [1.807, 2.05) is 5.32 Å². The van der Waals surface area contributed by atoms with E-state index in [0.717, 1.165) is 10.8 Å². The van der Waals surface area contributed by atoms with Gasteiger partial charge in [-0.05, 0) is 23.8 Å². The first kappa shape index (κ1) is 22.3. The highest BCUT2D eigenvalue weighted by Crippen LogP contribution is 2.45. The summed E-state index contributed by atoms with van der Waals surface area (Å²) in [7, 11) is 0. The number of fused-ring (bicyclic) bond motifs is 1. The Hall–Kier alpha value is -3.93. The van der Waals surface area contributed by atoms with Gasteiger partial charge < -0.3 is 10.6 Å². The SMILES string of the molecule is O=C(N[C@@]1(C(F)(F)F)C(=O)Nc2c1c(=O)[nH]c(=O)n2Cc1ccccc1Cl)c1cccnc1. The number of hydrogen-bond acceptors (Lipinski definition) is 5. The molecule has 0 saturated carbocycles. The second-order valence-corrected chi connectivity index (χ2v) is 7.47. The number of benzene rings is 1. The van der Waals surface area contributed by atoms with Gasteiger partial charge in [-0.3, -0.25) is 28.9 Å². The van der Waals surface area contributed by atoms with Gasteiger partial charge in [-0.15, -0.1) is 0 Å². The van der Waals surface area contributed by atoms with Crippen molar-refractivity contribution in [3.8, 4) is 0 Å². The fraction of sp³-hybridized carbons (Fsp3) is 0.150. The number of nitrogens with one attached hydrogen (secondary N) is 3. The average Bonchev–Trinajstić information content (AvgIpc) is 3.06. The van der Waals surface area contributed by atoms with Gasteiger partial charge in [0, 0.05) is 17.4 Å². The summed E-state index contributed by atoms with van der Waals surface area (Å²) < 4.78 is 43.9. The fourth-order valence-corrected chi connectivity index (χ4v) is 3.71. The number of H-pyrrole nitrogens is 1. The topological polar surface area (TPSA) is 126 Å². The summed E-state index contributed by atoms with van der Waals surface area (Å²) in [6, 6.07) is 8.71. The third-order valence-electron chi connectivity index (χ3n) is 5.08. The molecule has 1 atom stereocenters. The first-order chi connectivity index (χ1) is 15.6.